The van der Waals surface area contributed by atoms with Crippen molar-refractivity contribution in [3.8, 4) is 0 Å². The first kappa shape index (κ1) is 16.1. The molecule has 1 aliphatic rings. The summed E-state index contributed by atoms with van der Waals surface area (Å²) in [6.45, 7) is 0.306. The lowest BCUT2D eigenvalue weighted by atomic mass is 10.1. The summed E-state index contributed by atoms with van der Waals surface area (Å²) in [6.07, 6.45) is 2.48. The first-order chi connectivity index (χ1) is 9.95. The van der Waals surface area contributed by atoms with Crippen molar-refractivity contribution in [2.75, 3.05) is 36.9 Å². The Hall–Kier alpha value is -1.31. The highest BCUT2D eigenvalue weighted by molar-refractivity contribution is 7.90. The Labute approximate surface area is 126 Å². The maximum atomic E-state index is 12.6. The van der Waals surface area contributed by atoms with Crippen LogP contribution in [0.4, 0.5) is 11.4 Å². The zero-order valence-electron chi connectivity index (χ0n) is 12.5. The van der Waals surface area contributed by atoms with E-state index in [9.17, 15) is 13.5 Å². The molecule has 1 atom stereocenters. The van der Waals surface area contributed by atoms with E-state index in [1.54, 1.807) is 12.1 Å². The third kappa shape index (κ3) is 3.66. The van der Waals surface area contributed by atoms with Crippen molar-refractivity contribution < 1.29 is 13.5 Å². The topological polar surface area (TPSA) is 72.9 Å². The summed E-state index contributed by atoms with van der Waals surface area (Å²) in [5.74, 6) is 0. The number of aliphatic hydroxyl groups is 1. The fourth-order valence-corrected chi connectivity index (χ4v) is 4.12. The van der Waals surface area contributed by atoms with Crippen molar-refractivity contribution in [3.05, 3.63) is 24.3 Å². The molecule has 1 aromatic rings. The summed E-state index contributed by atoms with van der Waals surface area (Å²) in [7, 11) is 0.0742. The maximum Gasteiger partial charge on any atom is 0.302 e. The van der Waals surface area contributed by atoms with Crippen molar-refractivity contribution >= 4 is 21.6 Å². The molecule has 1 aromatic carbocycles. The minimum Gasteiger partial charge on any atom is -0.395 e. The van der Waals surface area contributed by atoms with Gasteiger partial charge in [-0.05, 0) is 25.0 Å². The molecule has 0 amide bonds. The number of piperidine rings is 1. The molecule has 1 saturated heterocycles. The van der Waals surface area contributed by atoms with Crippen LogP contribution in [0.5, 0.6) is 0 Å². The number of rotatable bonds is 5. The van der Waals surface area contributed by atoms with Crippen molar-refractivity contribution in [3.63, 3.8) is 0 Å². The second-order valence-electron chi connectivity index (χ2n) is 5.46. The molecule has 0 aliphatic carbocycles. The lowest BCUT2D eigenvalue weighted by Gasteiger charge is -2.33. The Morgan fingerprint density at radius 2 is 2.05 bits per heavy atom. The van der Waals surface area contributed by atoms with Crippen LogP contribution in [0.25, 0.3) is 0 Å². The number of benzene rings is 1. The highest BCUT2D eigenvalue weighted by atomic mass is 32.2. The summed E-state index contributed by atoms with van der Waals surface area (Å²) in [4.78, 5) is 1.86. The van der Waals surface area contributed by atoms with Gasteiger partial charge in [-0.3, -0.25) is 4.72 Å². The van der Waals surface area contributed by atoms with E-state index >= 15 is 0 Å². The summed E-state index contributed by atoms with van der Waals surface area (Å²) in [6, 6.07) is 6.93. The van der Waals surface area contributed by atoms with Gasteiger partial charge in [0, 0.05) is 26.7 Å². The Kier molecular flexibility index (Phi) is 5.08. The molecule has 1 unspecified atom stereocenters. The Morgan fingerprint density at radius 3 is 2.71 bits per heavy atom. The van der Waals surface area contributed by atoms with Crippen LogP contribution in [0.1, 0.15) is 19.3 Å². The zero-order valence-corrected chi connectivity index (χ0v) is 13.3. The van der Waals surface area contributed by atoms with Gasteiger partial charge < -0.3 is 10.0 Å². The average Bonchev–Trinajstić information content (AvgIpc) is 2.47. The molecular formula is C14H23N3O3S. The maximum absolute atomic E-state index is 12.6. The van der Waals surface area contributed by atoms with Crippen LogP contribution < -0.4 is 9.62 Å². The fourth-order valence-electron chi connectivity index (χ4n) is 2.62. The van der Waals surface area contributed by atoms with Gasteiger partial charge in [-0.1, -0.05) is 18.6 Å². The molecular weight excluding hydrogens is 290 g/mol. The molecule has 1 fully saturated rings. The minimum absolute atomic E-state index is 0.143. The molecule has 21 heavy (non-hydrogen) atoms. The number of aliphatic hydroxyl groups excluding tert-OH is 1. The smallest absolute Gasteiger partial charge is 0.302 e. The molecule has 0 aromatic heterocycles. The minimum atomic E-state index is -3.66. The Morgan fingerprint density at radius 1 is 1.33 bits per heavy atom. The van der Waals surface area contributed by atoms with E-state index in [1.807, 2.05) is 31.1 Å². The molecule has 118 valence electrons. The number of nitrogens with one attached hydrogen (secondary N) is 1. The predicted octanol–water partition coefficient (Wildman–Crippen LogP) is 1.26. The van der Waals surface area contributed by atoms with Gasteiger partial charge in [0.15, 0.2) is 0 Å². The van der Waals surface area contributed by atoms with Gasteiger partial charge in [-0.25, -0.2) is 0 Å². The molecule has 1 aliphatic heterocycles. The average molecular weight is 313 g/mol. The van der Waals surface area contributed by atoms with Crippen molar-refractivity contribution in [1.29, 1.82) is 0 Å². The third-order valence-electron chi connectivity index (χ3n) is 3.72. The second-order valence-corrected chi connectivity index (χ2v) is 7.08. The summed E-state index contributed by atoms with van der Waals surface area (Å²) in [5, 5.41) is 9.39. The second kappa shape index (κ2) is 6.64. The fraction of sp³-hybridized carbons (Fsp3) is 0.571. The summed E-state index contributed by atoms with van der Waals surface area (Å²) in [5.41, 5.74) is 1.35. The van der Waals surface area contributed by atoms with E-state index in [0.29, 0.717) is 18.7 Å². The third-order valence-corrected chi connectivity index (χ3v) is 5.29. The van der Waals surface area contributed by atoms with E-state index in [-0.39, 0.29) is 12.6 Å². The Bertz CT molecular complexity index is 575. The van der Waals surface area contributed by atoms with E-state index < -0.39 is 10.2 Å². The van der Waals surface area contributed by atoms with E-state index in [4.69, 9.17) is 0 Å². The molecule has 1 heterocycles. The molecule has 2 rings (SSSR count). The first-order valence-corrected chi connectivity index (χ1v) is 8.56. The number of hydrogen-bond donors (Lipinski definition) is 2. The largest absolute Gasteiger partial charge is 0.395 e. The molecule has 0 bridgehead atoms. The SMILES string of the molecule is CN(C)c1ccccc1NS(=O)(=O)N1CCCCC1CO. The van der Waals surface area contributed by atoms with Crippen LogP contribution in [-0.4, -0.2) is 51.1 Å². The Balaban J connectivity index is 2.25. The lowest BCUT2D eigenvalue weighted by molar-refractivity contribution is 0.156. The highest BCUT2D eigenvalue weighted by Gasteiger charge is 2.32. The number of para-hydroxylation sites is 2. The first-order valence-electron chi connectivity index (χ1n) is 7.12. The summed E-state index contributed by atoms with van der Waals surface area (Å²) < 4.78 is 29.2. The van der Waals surface area contributed by atoms with Gasteiger partial charge in [0.2, 0.25) is 0 Å². The monoisotopic (exact) mass is 313 g/mol. The molecule has 0 radical (unpaired) electrons. The zero-order chi connectivity index (χ0) is 15.5. The standard InChI is InChI=1S/C14H23N3O3S/c1-16(2)14-9-4-3-8-13(14)15-21(19,20)17-10-6-5-7-12(17)11-18/h3-4,8-9,12,15,18H,5-7,10-11H2,1-2H3. The van der Waals surface area contributed by atoms with E-state index in [1.165, 1.54) is 4.31 Å². The molecule has 0 saturated carbocycles. The van der Waals surface area contributed by atoms with Gasteiger partial charge in [-0.2, -0.15) is 12.7 Å². The van der Waals surface area contributed by atoms with Gasteiger partial charge in [-0.15, -0.1) is 0 Å². The van der Waals surface area contributed by atoms with Crippen LogP contribution in [-0.2, 0) is 10.2 Å². The van der Waals surface area contributed by atoms with Gasteiger partial charge in [0.05, 0.1) is 18.0 Å². The lowest BCUT2D eigenvalue weighted by Crippen LogP contribution is -2.48. The van der Waals surface area contributed by atoms with Crippen molar-refractivity contribution in [1.82, 2.24) is 4.31 Å². The number of anilines is 2. The van der Waals surface area contributed by atoms with Crippen LogP contribution in [0.3, 0.4) is 0 Å². The van der Waals surface area contributed by atoms with Crippen LogP contribution in [0.15, 0.2) is 24.3 Å². The van der Waals surface area contributed by atoms with Crippen LogP contribution >= 0.6 is 0 Å². The number of hydrogen-bond acceptors (Lipinski definition) is 4. The van der Waals surface area contributed by atoms with Crippen molar-refractivity contribution in [2.45, 2.75) is 25.3 Å². The molecule has 0 spiro atoms. The van der Waals surface area contributed by atoms with Gasteiger partial charge >= 0.3 is 10.2 Å². The normalized spacial score (nSPS) is 20.2. The number of nitrogens with zero attached hydrogens (tertiary/aromatic N) is 2. The summed E-state index contributed by atoms with van der Waals surface area (Å²) >= 11 is 0. The van der Waals surface area contributed by atoms with Gasteiger partial charge in [0.1, 0.15) is 0 Å². The van der Waals surface area contributed by atoms with Crippen LogP contribution in [0.2, 0.25) is 0 Å². The quantitative estimate of drug-likeness (QED) is 0.858. The predicted molar refractivity (Wildman–Crippen MR) is 84.7 cm³/mol. The molecule has 7 heteroatoms. The van der Waals surface area contributed by atoms with Crippen molar-refractivity contribution in [2.24, 2.45) is 0 Å². The molecule has 2 N–H and O–H groups in total. The van der Waals surface area contributed by atoms with E-state index in [0.717, 1.165) is 18.5 Å². The molecule has 6 nitrogen and oxygen atoms in total. The van der Waals surface area contributed by atoms with Gasteiger partial charge in [0.25, 0.3) is 0 Å². The van der Waals surface area contributed by atoms with Crippen LogP contribution in [0, 0.1) is 0 Å². The highest BCUT2D eigenvalue weighted by Crippen LogP contribution is 2.27. The van der Waals surface area contributed by atoms with E-state index in [2.05, 4.69) is 4.72 Å².